The maximum Gasteiger partial charge on any atom is 0.235 e. The van der Waals surface area contributed by atoms with Crippen molar-refractivity contribution in [2.75, 3.05) is 17.3 Å². The van der Waals surface area contributed by atoms with Crippen LogP contribution in [0.5, 0.6) is 0 Å². The van der Waals surface area contributed by atoms with E-state index in [1.165, 1.54) is 12.3 Å². The van der Waals surface area contributed by atoms with Crippen LogP contribution in [0.1, 0.15) is 24.8 Å². The number of pyridine rings is 1. The minimum Gasteiger partial charge on any atom is -0.368 e. The van der Waals surface area contributed by atoms with E-state index in [2.05, 4.69) is 20.3 Å². The zero-order chi connectivity index (χ0) is 21.4. The van der Waals surface area contributed by atoms with Crippen molar-refractivity contribution in [3.05, 3.63) is 60.6 Å². The van der Waals surface area contributed by atoms with Crippen molar-refractivity contribution in [3.8, 4) is 11.1 Å². The van der Waals surface area contributed by atoms with Gasteiger partial charge in [-0.3, -0.25) is 4.79 Å². The quantitative estimate of drug-likeness (QED) is 0.645. The van der Waals surface area contributed by atoms with Gasteiger partial charge in [-0.25, -0.2) is 23.4 Å². The van der Waals surface area contributed by atoms with Gasteiger partial charge in [0.05, 0.1) is 17.3 Å². The number of aromatic nitrogens is 3. The molecule has 3 aromatic rings. The molecule has 2 aromatic heterocycles. The lowest BCUT2D eigenvalue weighted by Crippen LogP contribution is -2.46. The topological polar surface area (TPSA) is 128 Å². The molecule has 0 bridgehead atoms. The second-order valence-electron chi connectivity index (χ2n) is 7.45. The smallest absolute Gasteiger partial charge is 0.235 e. The molecule has 8 nitrogen and oxygen atoms in total. The third kappa shape index (κ3) is 3.76. The standard InChI is InChI=1S/C21H21N5O3S/c1-30(28,29)18-8-7-17(13-23-18)26-19(27)21(9-2-10-21)16-5-3-14(4-6-16)15-11-24-20(22)25-12-15/h3-8,11-13H,2,9-10H2,1H3,(H,26,27)(H2,22,24,25). The number of rotatable bonds is 5. The average molecular weight is 423 g/mol. The van der Waals surface area contributed by atoms with E-state index < -0.39 is 15.3 Å². The first-order chi connectivity index (χ1) is 14.3. The molecule has 154 valence electrons. The van der Waals surface area contributed by atoms with E-state index in [9.17, 15) is 13.2 Å². The number of nitrogens with zero attached hydrogens (tertiary/aromatic N) is 3. The Kier molecular flexibility index (Phi) is 4.98. The number of nitrogens with two attached hydrogens (primary N) is 1. The van der Waals surface area contributed by atoms with Gasteiger partial charge in [0.1, 0.15) is 0 Å². The van der Waals surface area contributed by atoms with Crippen molar-refractivity contribution >= 4 is 27.4 Å². The highest BCUT2D eigenvalue weighted by atomic mass is 32.2. The Morgan fingerprint density at radius 2 is 1.63 bits per heavy atom. The first-order valence-corrected chi connectivity index (χ1v) is 11.3. The molecule has 2 heterocycles. The third-order valence-electron chi connectivity index (χ3n) is 5.46. The minimum atomic E-state index is -3.38. The first-order valence-electron chi connectivity index (χ1n) is 9.44. The Morgan fingerprint density at radius 1 is 0.967 bits per heavy atom. The van der Waals surface area contributed by atoms with Crippen molar-refractivity contribution in [1.29, 1.82) is 0 Å². The number of carbonyl (C=O) groups is 1. The summed E-state index contributed by atoms with van der Waals surface area (Å²) in [4.78, 5) is 25.0. The van der Waals surface area contributed by atoms with Crippen molar-refractivity contribution in [3.63, 3.8) is 0 Å². The van der Waals surface area contributed by atoms with Gasteiger partial charge in [0.2, 0.25) is 11.9 Å². The fraction of sp³-hybridized carbons (Fsp3) is 0.238. The fourth-order valence-electron chi connectivity index (χ4n) is 3.57. The lowest BCUT2D eigenvalue weighted by molar-refractivity contribution is -0.124. The molecule has 1 amide bonds. The average Bonchev–Trinajstić information content (AvgIpc) is 2.68. The van der Waals surface area contributed by atoms with Crippen molar-refractivity contribution in [2.45, 2.75) is 29.7 Å². The van der Waals surface area contributed by atoms with E-state index in [4.69, 9.17) is 5.73 Å². The maximum absolute atomic E-state index is 13.1. The van der Waals surface area contributed by atoms with Gasteiger partial charge in [-0.05, 0) is 36.1 Å². The van der Waals surface area contributed by atoms with Crippen LogP contribution in [0.3, 0.4) is 0 Å². The Hall–Kier alpha value is -3.33. The summed E-state index contributed by atoms with van der Waals surface area (Å²) >= 11 is 0. The van der Waals surface area contributed by atoms with Gasteiger partial charge in [-0.2, -0.15) is 0 Å². The van der Waals surface area contributed by atoms with Crippen molar-refractivity contribution in [2.24, 2.45) is 0 Å². The van der Waals surface area contributed by atoms with Crippen LogP contribution in [0.25, 0.3) is 11.1 Å². The van der Waals surface area contributed by atoms with Crippen LogP contribution in [0, 0.1) is 0 Å². The van der Waals surface area contributed by atoms with Gasteiger partial charge in [0.15, 0.2) is 14.9 Å². The molecule has 0 spiro atoms. The SMILES string of the molecule is CS(=O)(=O)c1ccc(NC(=O)C2(c3ccc(-c4cnc(N)nc4)cc3)CCC2)cn1. The van der Waals surface area contributed by atoms with Gasteiger partial charge >= 0.3 is 0 Å². The molecule has 1 aliphatic carbocycles. The molecule has 30 heavy (non-hydrogen) atoms. The number of benzene rings is 1. The van der Waals surface area contributed by atoms with Gasteiger partial charge in [0.25, 0.3) is 0 Å². The second kappa shape index (κ2) is 7.49. The predicted molar refractivity (Wildman–Crippen MR) is 113 cm³/mol. The molecular weight excluding hydrogens is 402 g/mol. The summed E-state index contributed by atoms with van der Waals surface area (Å²) in [6, 6.07) is 10.7. The van der Waals surface area contributed by atoms with Gasteiger partial charge < -0.3 is 11.1 Å². The predicted octanol–water partition coefficient (Wildman–Crippen LogP) is 2.58. The van der Waals surface area contributed by atoms with Crippen molar-refractivity contribution < 1.29 is 13.2 Å². The number of amides is 1. The lowest BCUT2D eigenvalue weighted by atomic mass is 9.63. The van der Waals surface area contributed by atoms with Gasteiger partial charge in [-0.15, -0.1) is 0 Å². The molecule has 1 aromatic carbocycles. The molecule has 0 radical (unpaired) electrons. The molecule has 0 aliphatic heterocycles. The number of hydrogen-bond acceptors (Lipinski definition) is 7. The van der Waals surface area contributed by atoms with Gasteiger partial charge in [-0.1, -0.05) is 30.7 Å². The molecule has 9 heteroatoms. The number of nitrogens with one attached hydrogen (secondary N) is 1. The lowest BCUT2D eigenvalue weighted by Gasteiger charge is -2.40. The molecule has 1 aliphatic rings. The largest absolute Gasteiger partial charge is 0.368 e. The fourth-order valence-corrected chi connectivity index (χ4v) is 4.13. The van der Waals surface area contributed by atoms with E-state index >= 15 is 0 Å². The molecule has 0 saturated heterocycles. The Morgan fingerprint density at radius 3 is 2.13 bits per heavy atom. The van der Waals surface area contributed by atoms with Crippen LogP contribution in [0.2, 0.25) is 0 Å². The molecule has 1 saturated carbocycles. The highest BCUT2D eigenvalue weighted by Crippen LogP contribution is 2.45. The zero-order valence-electron chi connectivity index (χ0n) is 16.4. The van der Waals surface area contributed by atoms with E-state index in [0.717, 1.165) is 42.2 Å². The number of carbonyl (C=O) groups excluding carboxylic acids is 1. The summed E-state index contributed by atoms with van der Waals surface area (Å²) in [7, 11) is -3.38. The Balaban J connectivity index is 1.54. The third-order valence-corrected chi connectivity index (χ3v) is 6.46. The number of nitrogen functional groups attached to an aromatic ring is 1. The monoisotopic (exact) mass is 423 g/mol. The number of hydrogen-bond donors (Lipinski definition) is 2. The van der Waals surface area contributed by atoms with E-state index in [1.54, 1.807) is 18.5 Å². The molecule has 1 fully saturated rings. The van der Waals surface area contributed by atoms with Crippen molar-refractivity contribution in [1.82, 2.24) is 15.0 Å². The number of anilines is 2. The molecule has 3 N–H and O–H groups in total. The summed E-state index contributed by atoms with van der Waals surface area (Å²) in [5.74, 6) is 0.103. The summed E-state index contributed by atoms with van der Waals surface area (Å²) in [6.45, 7) is 0. The van der Waals surface area contributed by atoms with Crippen LogP contribution in [0.4, 0.5) is 11.6 Å². The van der Waals surface area contributed by atoms with Crippen LogP contribution < -0.4 is 11.1 Å². The molecular formula is C21H21N5O3S. The first kappa shape index (κ1) is 20.0. The van der Waals surface area contributed by atoms with E-state index in [0.29, 0.717) is 5.69 Å². The van der Waals surface area contributed by atoms with Crippen LogP contribution >= 0.6 is 0 Å². The molecule has 0 unspecified atom stereocenters. The summed E-state index contributed by atoms with van der Waals surface area (Å²) < 4.78 is 23.1. The maximum atomic E-state index is 13.1. The molecule has 0 atom stereocenters. The second-order valence-corrected chi connectivity index (χ2v) is 9.42. The molecule has 4 rings (SSSR count). The van der Waals surface area contributed by atoms with Crippen LogP contribution in [-0.2, 0) is 20.0 Å². The van der Waals surface area contributed by atoms with E-state index in [1.807, 2.05) is 24.3 Å². The highest BCUT2D eigenvalue weighted by molar-refractivity contribution is 7.90. The summed E-state index contributed by atoms with van der Waals surface area (Å²) in [5.41, 5.74) is 8.12. The summed E-state index contributed by atoms with van der Waals surface area (Å²) in [5, 5.41) is 2.86. The Labute approximate surface area is 174 Å². The van der Waals surface area contributed by atoms with Crippen LogP contribution in [-0.4, -0.2) is 35.5 Å². The van der Waals surface area contributed by atoms with Crippen LogP contribution in [0.15, 0.2) is 60.0 Å². The minimum absolute atomic E-state index is 0.0268. The normalized spacial score (nSPS) is 15.2. The highest BCUT2D eigenvalue weighted by Gasteiger charge is 2.45. The zero-order valence-corrected chi connectivity index (χ0v) is 17.2. The number of sulfone groups is 1. The van der Waals surface area contributed by atoms with E-state index in [-0.39, 0.29) is 16.9 Å². The summed E-state index contributed by atoms with van der Waals surface area (Å²) in [6.07, 6.45) is 8.25. The Bertz CT molecular complexity index is 1170. The van der Waals surface area contributed by atoms with Gasteiger partial charge in [0, 0.05) is 24.2 Å².